The molecule has 1 aliphatic rings. The van der Waals surface area contributed by atoms with Crippen molar-refractivity contribution in [2.24, 2.45) is 11.8 Å². The van der Waals surface area contributed by atoms with Crippen molar-refractivity contribution in [1.82, 2.24) is 9.88 Å². The molecule has 0 amide bonds. The minimum absolute atomic E-state index is 0.0632. The van der Waals surface area contributed by atoms with Gasteiger partial charge in [-0.05, 0) is 148 Å². The van der Waals surface area contributed by atoms with E-state index in [1.165, 1.54) is 6.20 Å². The molecule has 0 bridgehead atoms. The van der Waals surface area contributed by atoms with Crippen molar-refractivity contribution in [3.05, 3.63) is 82.9 Å². The van der Waals surface area contributed by atoms with Crippen LogP contribution in [0.3, 0.4) is 0 Å². The van der Waals surface area contributed by atoms with E-state index in [2.05, 4.69) is 37.6 Å². The van der Waals surface area contributed by atoms with Crippen LogP contribution in [0.25, 0.3) is 11.1 Å². The molecule has 0 radical (unpaired) electrons. The molecular weight excluding hydrogens is 706 g/mol. The van der Waals surface area contributed by atoms with Crippen molar-refractivity contribution in [2.75, 3.05) is 12.8 Å². The molecule has 11 heteroatoms. The number of carbonyl (C=O) groups is 2. The summed E-state index contributed by atoms with van der Waals surface area (Å²) >= 11 is 0. The maximum atomic E-state index is 15.1. The summed E-state index contributed by atoms with van der Waals surface area (Å²) in [5.41, 5.74) is 2.42. The number of pyridine rings is 1. The molecular formula is C43H60FN2O7P. The van der Waals surface area contributed by atoms with Crippen molar-refractivity contribution < 1.29 is 37.1 Å². The highest BCUT2D eigenvalue weighted by atomic mass is 31.2. The summed E-state index contributed by atoms with van der Waals surface area (Å²) in [6, 6.07) is 14.7. The summed E-state index contributed by atoms with van der Waals surface area (Å²) in [4.78, 5) is 33.5. The van der Waals surface area contributed by atoms with E-state index in [1.807, 2.05) is 32.0 Å². The van der Waals surface area contributed by atoms with Gasteiger partial charge >= 0.3 is 19.5 Å². The zero-order valence-electron chi connectivity index (χ0n) is 34.2. The number of carbonyl (C=O) groups excluding carboxylic acids is 2. The van der Waals surface area contributed by atoms with Gasteiger partial charge in [-0.25, -0.2) is 9.18 Å². The Bertz CT molecular complexity index is 1800. The molecule has 3 aromatic rings. The highest BCUT2D eigenvalue weighted by molar-refractivity contribution is 7.53. The Labute approximate surface area is 321 Å². The Kier molecular flexibility index (Phi) is 14.1. The van der Waals surface area contributed by atoms with Crippen LogP contribution in [0.1, 0.15) is 122 Å². The molecule has 296 valence electrons. The first-order chi connectivity index (χ1) is 25.1. The Hall–Kier alpha value is -3.43. The van der Waals surface area contributed by atoms with Crippen LogP contribution in [0.4, 0.5) is 4.39 Å². The number of halogens is 1. The molecule has 1 fully saturated rings. The second kappa shape index (κ2) is 17.6. The van der Waals surface area contributed by atoms with E-state index in [0.717, 1.165) is 24.0 Å². The molecule has 1 saturated carbocycles. The molecule has 0 unspecified atom stereocenters. The third kappa shape index (κ3) is 12.3. The second-order valence-corrected chi connectivity index (χ2v) is 19.1. The molecule has 2 aromatic carbocycles. The van der Waals surface area contributed by atoms with Crippen LogP contribution in [0.5, 0.6) is 5.75 Å². The number of benzene rings is 2. The summed E-state index contributed by atoms with van der Waals surface area (Å²) in [6.45, 7) is 23.3. The predicted octanol–water partition coefficient (Wildman–Crippen LogP) is 10.5. The van der Waals surface area contributed by atoms with E-state index in [1.54, 1.807) is 71.9 Å². The third-order valence-corrected chi connectivity index (χ3v) is 11.6. The van der Waals surface area contributed by atoms with Gasteiger partial charge in [-0.3, -0.25) is 19.2 Å². The van der Waals surface area contributed by atoms with Gasteiger partial charge in [0.15, 0.2) is 0 Å². The molecule has 1 aromatic heterocycles. The van der Waals surface area contributed by atoms with Gasteiger partial charge in [-0.1, -0.05) is 25.1 Å². The van der Waals surface area contributed by atoms with Crippen molar-refractivity contribution in [3.63, 3.8) is 0 Å². The number of hydrogen-bond donors (Lipinski definition) is 0. The highest BCUT2D eigenvalue weighted by Gasteiger charge is 2.40. The molecule has 9 nitrogen and oxygen atoms in total. The Balaban J connectivity index is 1.53. The minimum atomic E-state index is -3.57. The fraction of sp³-hybridized carbons (Fsp3) is 0.558. The van der Waals surface area contributed by atoms with Crippen LogP contribution in [0.2, 0.25) is 0 Å². The van der Waals surface area contributed by atoms with Crippen LogP contribution in [-0.2, 0) is 29.7 Å². The van der Waals surface area contributed by atoms with Gasteiger partial charge in [0.05, 0.1) is 35.0 Å². The maximum Gasteiger partial charge on any atom is 0.343 e. The lowest BCUT2D eigenvalue weighted by molar-refractivity contribution is -0.148. The van der Waals surface area contributed by atoms with Crippen molar-refractivity contribution in [2.45, 2.75) is 132 Å². The van der Waals surface area contributed by atoms with E-state index in [9.17, 15) is 14.2 Å². The van der Waals surface area contributed by atoms with Gasteiger partial charge in [0, 0.05) is 29.9 Å². The van der Waals surface area contributed by atoms with Crippen LogP contribution < -0.4 is 4.74 Å². The normalized spacial score (nSPS) is 15.1. The lowest BCUT2D eigenvalue weighted by atomic mass is 9.83. The van der Waals surface area contributed by atoms with Gasteiger partial charge in [0.25, 0.3) is 0 Å². The maximum absolute atomic E-state index is 15.1. The molecule has 0 N–H and O–H groups in total. The zero-order valence-corrected chi connectivity index (χ0v) is 35.1. The van der Waals surface area contributed by atoms with Crippen molar-refractivity contribution in [1.29, 1.82) is 0 Å². The summed E-state index contributed by atoms with van der Waals surface area (Å²) < 4.78 is 52.1. The minimum Gasteiger partial charge on any atom is -0.465 e. The lowest BCUT2D eigenvalue weighted by Gasteiger charge is -2.32. The smallest absolute Gasteiger partial charge is 0.343 e. The van der Waals surface area contributed by atoms with Crippen LogP contribution in [0, 0.1) is 24.6 Å². The van der Waals surface area contributed by atoms with Gasteiger partial charge in [-0.2, -0.15) is 0 Å². The lowest BCUT2D eigenvalue weighted by Crippen LogP contribution is -2.36. The molecule has 0 saturated heterocycles. The Morgan fingerprint density at radius 1 is 0.907 bits per heavy atom. The van der Waals surface area contributed by atoms with Gasteiger partial charge in [0.1, 0.15) is 18.2 Å². The SMILES string of the molecule is Cc1cc(-c2ccc(C(=O)Oc3cccc([C@H](C4CC4)[C@H](C)C(=O)OCCP(=O)(OC(C)(C)C)OC(C)(C)C)c3)cc2CN(C(C)C)C(C)C)c(F)cn1. The average molecular weight is 767 g/mol. The van der Waals surface area contributed by atoms with E-state index in [0.29, 0.717) is 34.7 Å². The van der Waals surface area contributed by atoms with Crippen LogP contribution in [-0.4, -0.2) is 57.9 Å². The summed E-state index contributed by atoms with van der Waals surface area (Å²) in [5, 5.41) is 0. The predicted molar refractivity (Wildman–Crippen MR) is 211 cm³/mol. The quantitative estimate of drug-likeness (QED) is 0.0800. The number of rotatable bonds is 16. The number of hydrogen-bond acceptors (Lipinski definition) is 9. The summed E-state index contributed by atoms with van der Waals surface area (Å²) in [6.07, 6.45) is 3.10. The standard InChI is InChI=1S/C43H60FN2O7P/c1-27(2)46(28(3)4)26-34-23-33(18-19-36(34)37-22-29(5)45-25-38(37)44)41(48)51-35-15-13-14-32(24-35)39(31-16-17-31)30(6)40(47)50-20-21-54(49,52-42(7,8)9)53-43(10,11)12/h13-15,18-19,22-25,27-28,30-31,39H,16-17,20-21,26H2,1-12H3/t30-,39-/m0/s1. The Morgan fingerprint density at radius 3 is 2.11 bits per heavy atom. The monoisotopic (exact) mass is 766 g/mol. The van der Waals surface area contributed by atoms with E-state index < -0.39 is 42.5 Å². The fourth-order valence-corrected chi connectivity index (χ4v) is 9.08. The van der Waals surface area contributed by atoms with E-state index >= 15 is 4.39 Å². The van der Waals surface area contributed by atoms with E-state index in [-0.39, 0.29) is 36.7 Å². The third-order valence-electron chi connectivity index (χ3n) is 9.23. The number of aromatic nitrogens is 1. The van der Waals surface area contributed by atoms with Gasteiger partial charge < -0.3 is 18.5 Å². The van der Waals surface area contributed by atoms with Crippen molar-refractivity contribution in [3.8, 4) is 16.9 Å². The molecule has 4 rings (SSSR count). The molecule has 1 aliphatic carbocycles. The molecule has 0 aliphatic heterocycles. The fourth-order valence-electron chi connectivity index (χ4n) is 6.88. The number of ether oxygens (including phenoxy) is 2. The number of nitrogens with zero attached hydrogens (tertiary/aromatic N) is 2. The first-order valence-corrected chi connectivity index (χ1v) is 20.8. The van der Waals surface area contributed by atoms with Crippen LogP contribution in [0.15, 0.2) is 54.7 Å². The van der Waals surface area contributed by atoms with Gasteiger partial charge in [0.2, 0.25) is 0 Å². The zero-order chi connectivity index (χ0) is 40.2. The number of aryl methyl sites for hydroxylation is 1. The highest BCUT2D eigenvalue weighted by Crippen LogP contribution is 2.54. The average Bonchev–Trinajstić information content (AvgIpc) is 3.88. The van der Waals surface area contributed by atoms with Crippen LogP contribution >= 0.6 is 7.60 Å². The first-order valence-electron chi connectivity index (χ1n) is 19.1. The molecule has 1 heterocycles. The summed E-state index contributed by atoms with van der Waals surface area (Å²) in [7, 11) is -3.57. The topological polar surface area (TPSA) is 104 Å². The Morgan fingerprint density at radius 2 is 1.54 bits per heavy atom. The van der Waals surface area contributed by atoms with Gasteiger partial charge in [-0.15, -0.1) is 0 Å². The molecule has 54 heavy (non-hydrogen) atoms. The molecule has 2 atom stereocenters. The summed E-state index contributed by atoms with van der Waals surface area (Å²) in [5.74, 6) is -1.41. The first kappa shape index (κ1) is 43.3. The van der Waals surface area contributed by atoms with Crippen molar-refractivity contribution >= 4 is 19.5 Å². The second-order valence-electron chi connectivity index (χ2n) is 17.1. The largest absolute Gasteiger partial charge is 0.465 e. The molecule has 0 spiro atoms. The van der Waals surface area contributed by atoms with E-state index in [4.69, 9.17) is 18.5 Å². The number of esters is 2.